The van der Waals surface area contributed by atoms with E-state index < -0.39 is 6.10 Å². The quantitative estimate of drug-likeness (QED) is 0.675. The summed E-state index contributed by atoms with van der Waals surface area (Å²) < 4.78 is 5.50. The van der Waals surface area contributed by atoms with Crippen molar-refractivity contribution in [2.75, 3.05) is 32.0 Å². The molecular weight excluding hydrogens is 244 g/mol. The summed E-state index contributed by atoms with van der Waals surface area (Å²) in [5.74, 6) is 0.701. The molecular formula is C14H22N2O3. The summed E-state index contributed by atoms with van der Waals surface area (Å²) in [5.41, 5.74) is 6.27. The molecule has 0 amide bonds. The van der Waals surface area contributed by atoms with Gasteiger partial charge in [-0.3, -0.25) is 4.90 Å². The van der Waals surface area contributed by atoms with Crippen LogP contribution >= 0.6 is 0 Å². The predicted molar refractivity (Wildman–Crippen MR) is 74.0 cm³/mol. The van der Waals surface area contributed by atoms with Crippen LogP contribution < -0.4 is 10.5 Å². The summed E-state index contributed by atoms with van der Waals surface area (Å²) in [6.45, 7) is 2.34. The van der Waals surface area contributed by atoms with Crippen LogP contribution in [0.1, 0.15) is 12.8 Å². The van der Waals surface area contributed by atoms with Crippen molar-refractivity contribution in [3.05, 3.63) is 24.3 Å². The molecule has 5 nitrogen and oxygen atoms in total. The third-order valence-corrected chi connectivity index (χ3v) is 3.27. The molecule has 2 rings (SSSR count). The molecule has 4 N–H and O–H groups in total. The Morgan fingerprint density at radius 3 is 2.79 bits per heavy atom. The number of nitrogens with zero attached hydrogens (tertiary/aromatic N) is 1. The zero-order valence-electron chi connectivity index (χ0n) is 11.0. The molecule has 0 aliphatic carbocycles. The molecule has 106 valence electrons. The maximum atomic E-state index is 9.93. The Morgan fingerprint density at radius 1 is 1.37 bits per heavy atom. The van der Waals surface area contributed by atoms with Gasteiger partial charge in [0, 0.05) is 18.8 Å². The molecule has 1 fully saturated rings. The van der Waals surface area contributed by atoms with Crippen LogP contribution in [0.15, 0.2) is 24.3 Å². The van der Waals surface area contributed by atoms with Crippen LogP contribution in [0.2, 0.25) is 0 Å². The normalized spacial score (nSPS) is 22.1. The average molecular weight is 266 g/mol. The second-order valence-corrected chi connectivity index (χ2v) is 5.09. The monoisotopic (exact) mass is 266 g/mol. The lowest BCUT2D eigenvalue weighted by Crippen LogP contribution is -2.43. The minimum Gasteiger partial charge on any atom is -0.491 e. The van der Waals surface area contributed by atoms with Gasteiger partial charge >= 0.3 is 0 Å². The molecule has 0 aromatic heterocycles. The Balaban J connectivity index is 1.72. The molecule has 0 saturated carbocycles. The van der Waals surface area contributed by atoms with Crippen LogP contribution in [-0.2, 0) is 0 Å². The molecule has 0 bridgehead atoms. The first-order valence-corrected chi connectivity index (χ1v) is 6.70. The number of nitrogens with two attached hydrogens (primary N) is 1. The Kier molecular flexibility index (Phi) is 5.01. The van der Waals surface area contributed by atoms with Gasteiger partial charge in [0.15, 0.2) is 0 Å². The van der Waals surface area contributed by atoms with Gasteiger partial charge in [-0.1, -0.05) is 0 Å². The standard InChI is InChI=1S/C14H22N2O3/c15-11-3-5-14(6-4-11)19-10-13(18)9-16-7-1-2-12(17)8-16/h3-6,12-13,17-18H,1-2,7-10,15H2. The van der Waals surface area contributed by atoms with Gasteiger partial charge < -0.3 is 20.7 Å². The second kappa shape index (κ2) is 6.75. The van der Waals surface area contributed by atoms with Crippen molar-refractivity contribution in [3.8, 4) is 5.75 Å². The molecule has 1 aliphatic rings. The highest BCUT2D eigenvalue weighted by atomic mass is 16.5. The van der Waals surface area contributed by atoms with Gasteiger partial charge in [-0.2, -0.15) is 0 Å². The maximum Gasteiger partial charge on any atom is 0.119 e. The van der Waals surface area contributed by atoms with E-state index in [2.05, 4.69) is 4.90 Å². The van der Waals surface area contributed by atoms with Crippen LogP contribution in [-0.4, -0.2) is 53.6 Å². The zero-order chi connectivity index (χ0) is 13.7. The fourth-order valence-electron chi connectivity index (χ4n) is 2.30. The first-order chi connectivity index (χ1) is 9.13. The van der Waals surface area contributed by atoms with Gasteiger partial charge in [0.1, 0.15) is 18.5 Å². The van der Waals surface area contributed by atoms with Crippen LogP contribution in [0.5, 0.6) is 5.75 Å². The summed E-state index contributed by atoms with van der Waals surface area (Å²) in [4.78, 5) is 2.07. The lowest BCUT2D eigenvalue weighted by molar-refractivity contribution is 0.0243. The van der Waals surface area contributed by atoms with E-state index in [9.17, 15) is 10.2 Å². The summed E-state index contributed by atoms with van der Waals surface area (Å²) >= 11 is 0. The molecule has 1 heterocycles. The summed E-state index contributed by atoms with van der Waals surface area (Å²) in [6.07, 6.45) is 1.02. The van der Waals surface area contributed by atoms with Crippen molar-refractivity contribution < 1.29 is 14.9 Å². The van der Waals surface area contributed by atoms with E-state index in [0.717, 1.165) is 19.4 Å². The third-order valence-electron chi connectivity index (χ3n) is 3.27. The van der Waals surface area contributed by atoms with E-state index in [1.165, 1.54) is 0 Å². The predicted octanol–water partition coefficient (Wildman–Crippen LogP) is 0.465. The molecule has 2 atom stereocenters. The van der Waals surface area contributed by atoms with E-state index in [1.807, 2.05) is 0 Å². The highest BCUT2D eigenvalue weighted by Gasteiger charge is 2.20. The fourth-order valence-corrected chi connectivity index (χ4v) is 2.30. The second-order valence-electron chi connectivity index (χ2n) is 5.09. The number of likely N-dealkylation sites (tertiary alicyclic amines) is 1. The largest absolute Gasteiger partial charge is 0.491 e. The van der Waals surface area contributed by atoms with Gasteiger partial charge in [0.05, 0.1) is 6.10 Å². The minimum atomic E-state index is -0.553. The third kappa shape index (κ3) is 4.70. The Bertz CT molecular complexity index is 383. The summed E-state index contributed by atoms with van der Waals surface area (Å²) in [6, 6.07) is 7.10. The van der Waals surface area contributed by atoms with Crippen LogP contribution in [0.4, 0.5) is 5.69 Å². The van der Waals surface area contributed by atoms with E-state index in [-0.39, 0.29) is 12.7 Å². The van der Waals surface area contributed by atoms with Gasteiger partial charge in [-0.15, -0.1) is 0 Å². The first kappa shape index (κ1) is 14.1. The number of β-amino-alcohol motifs (C(OH)–C–C–N with tert-alkyl or cyclic N) is 2. The number of aliphatic hydroxyl groups excluding tert-OH is 2. The smallest absolute Gasteiger partial charge is 0.119 e. The molecule has 0 spiro atoms. The molecule has 19 heavy (non-hydrogen) atoms. The highest BCUT2D eigenvalue weighted by Crippen LogP contribution is 2.14. The van der Waals surface area contributed by atoms with Gasteiger partial charge in [0.25, 0.3) is 0 Å². The number of hydrogen-bond donors (Lipinski definition) is 3. The van der Waals surface area contributed by atoms with E-state index in [4.69, 9.17) is 10.5 Å². The number of anilines is 1. The molecule has 0 radical (unpaired) electrons. The highest BCUT2D eigenvalue weighted by molar-refractivity contribution is 5.41. The van der Waals surface area contributed by atoms with Crippen molar-refractivity contribution >= 4 is 5.69 Å². The van der Waals surface area contributed by atoms with Crippen LogP contribution in [0.3, 0.4) is 0 Å². The summed E-state index contributed by atoms with van der Waals surface area (Å²) in [7, 11) is 0. The summed E-state index contributed by atoms with van der Waals surface area (Å²) in [5, 5.41) is 19.5. The van der Waals surface area contributed by atoms with E-state index >= 15 is 0 Å². The SMILES string of the molecule is Nc1ccc(OCC(O)CN2CCCC(O)C2)cc1. The average Bonchev–Trinajstić information content (AvgIpc) is 2.38. The first-order valence-electron chi connectivity index (χ1n) is 6.70. The van der Waals surface area contributed by atoms with E-state index in [1.54, 1.807) is 24.3 Å². The molecule has 2 unspecified atom stereocenters. The minimum absolute atomic E-state index is 0.247. The number of aliphatic hydroxyl groups is 2. The lowest BCUT2D eigenvalue weighted by atomic mass is 10.1. The van der Waals surface area contributed by atoms with Gasteiger partial charge in [-0.05, 0) is 43.7 Å². The Morgan fingerprint density at radius 2 is 2.11 bits per heavy atom. The molecule has 1 saturated heterocycles. The Hall–Kier alpha value is -1.30. The van der Waals surface area contributed by atoms with Crippen LogP contribution in [0, 0.1) is 0 Å². The topological polar surface area (TPSA) is 79.0 Å². The maximum absolute atomic E-state index is 9.93. The molecule has 1 aromatic rings. The number of hydrogen-bond acceptors (Lipinski definition) is 5. The number of benzene rings is 1. The van der Waals surface area contributed by atoms with E-state index in [0.29, 0.717) is 24.5 Å². The molecule has 5 heteroatoms. The fraction of sp³-hybridized carbons (Fsp3) is 0.571. The van der Waals surface area contributed by atoms with Crippen molar-refractivity contribution in [2.45, 2.75) is 25.0 Å². The number of piperidine rings is 1. The van der Waals surface area contributed by atoms with Crippen molar-refractivity contribution in [2.24, 2.45) is 0 Å². The zero-order valence-corrected chi connectivity index (χ0v) is 11.0. The number of rotatable bonds is 5. The number of nitrogen functional groups attached to an aromatic ring is 1. The van der Waals surface area contributed by atoms with Crippen molar-refractivity contribution in [1.29, 1.82) is 0 Å². The lowest BCUT2D eigenvalue weighted by Gasteiger charge is -2.31. The van der Waals surface area contributed by atoms with Gasteiger partial charge in [0.2, 0.25) is 0 Å². The van der Waals surface area contributed by atoms with Crippen LogP contribution in [0.25, 0.3) is 0 Å². The van der Waals surface area contributed by atoms with Crippen molar-refractivity contribution in [1.82, 2.24) is 4.90 Å². The van der Waals surface area contributed by atoms with Crippen molar-refractivity contribution in [3.63, 3.8) is 0 Å². The van der Waals surface area contributed by atoms with Gasteiger partial charge in [-0.25, -0.2) is 0 Å². The molecule has 1 aliphatic heterocycles. The Labute approximate surface area is 113 Å². The number of ether oxygens (including phenoxy) is 1. The molecule has 1 aromatic carbocycles.